The Balaban J connectivity index is 3.01. The van der Waals surface area contributed by atoms with E-state index >= 15 is 0 Å². The molecule has 1 aromatic rings. The number of alkyl halides is 6. The lowest BCUT2D eigenvalue weighted by molar-refractivity contribution is -0.190. The van der Waals surface area contributed by atoms with E-state index in [2.05, 4.69) is 14.7 Å². The average molecular weight is 295 g/mol. The normalized spacial score (nSPS) is 14.4. The maximum Gasteiger partial charge on any atom is 0.451 e. The van der Waals surface area contributed by atoms with E-state index in [4.69, 9.17) is 11.6 Å². The minimum absolute atomic E-state index is 0.628. The van der Waals surface area contributed by atoms with Crippen LogP contribution in [-0.2, 0) is 6.18 Å². The van der Waals surface area contributed by atoms with Crippen molar-refractivity contribution in [3.8, 4) is 5.88 Å². The Morgan fingerprint density at radius 1 is 1.17 bits per heavy atom. The smallest absolute Gasteiger partial charge is 0.451 e. The molecule has 0 radical (unpaired) electrons. The Labute approximate surface area is 102 Å². The number of hydrogen-bond donors (Lipinski definition) is 0. The summed E-state index contributed by atoms with van der Waals surface area (Å²) in [6.45, 7) is 0.628. The van der Waals surface area contributed by atoms with E-state index in [1.807, 2.05) is 0 Å². The number of rotatable bonds is 2. The molecule has 0 saturated carbocycles. The van der Waals surface area contributed by atoms with Crippen LogP contribution in [-0.4, -0.2) is 22.2 Å². The zero-order valence-electron chi connectivity index (χ0n) is 8.60. The van der Waals surface area contributed by atoms with E-state index in [0.29, 0.717) is 13.0 Å². The molecule has 0 aromatic carbocycles. The number of aromatic nitrogens is 2. The molecule has 0 saturated heterocycles. The van der Waals surface area contributed by atoms with Gasteiger partial charge in [-0.05, 0) is 6.92 Å². The number of ether oxygens (including phenoxy) is 1. The molecule has 0 bridgehead atoms. The third-order valence-electron chi connectivity index (χ3n) is 1.68. The van der Waals surface area contributed by atoms with E-state index in [-0.39, 0.29) is 0 Å². The highest BCUT2D eigenvalue weighted by atomic mass is 35.5. The van der Waals surface area contributed by atoms with Crippen LogP contribution in [0.5, 0.6) is 5.88 Å². The summed E-state index contributed by atoms with van der Waals surface area (Å²) in [5.74, 6) is -2.56. The maximum atomic E-state index is 12.3. The highest BCUT2D eigenvalue weighted by Crippen LogP contribution is 2.30. The second-order valence-electron chi connectivity index (χ2n) is 3.15. The van der Waals surface area contributed by atoms with Gasteiger partial charge in [-0.2, -0.15) is 31.3 Å². The molecule has 0 spiro atoms. The summed E-state index contributed by atoms with van der Waals surface area (Å²) in [7, 11) is 0. The molecule has 3 nitrogen and oxygen atoms in total. The molecule has 10 heteroatoms. The molecular weight excluding hydrogens is 290 g/mol. The summed E-state index contributed by atoms with van der Waals surface area (Å²) in [6, 6.07) is 0.666. The molecule has 0 N–H and O–H groups in total. The quantitative estimate of drug-likeness (QED) is 0.619. The van der Waals surface area contributed by atoms with Crippen molar-refractivity contribution in [3.63, 3.8) is 0 Å². The molecule has 0 amide bonds. The highest BCUT2D eigenvalue weighted by Gasteiger charge is 2.39. The fourth-order valence-electron chi connectivity index (χ4n) is 0.832. The van der Waals surface area contributed by atoms with Gasteiger partial charge < -0.3 is 4.74 Å². The number of halogens is 7. The Morgan fingerprint density at radius 3 is 2.17 bits per heavy atom. The summed E-state index contributed by atoms with van der Waals surface area (Å²) >= 11 is 5.24. The Morgan fingerprint density at radius 2 is 1.72 bits per heavy atom. The van der Waals surface area contributed by atoms with Crippen molar-refractivity contribution in [2.75, 3.05) is 0 Å². The zero-order chi connectivity index (χ0) is 14.1. The molecule has 0 aliphatic heterocycles. The molecular formula is C8H5ClF6N2O. The molecule has 0 fully saturated rings. The van der Waals surface area contributed by atoms with Gasteiger partial charge in [-0.3, -0.25) is 0 Å². The van der Waals surface area contributed by atoms with Crippen molar-refractivity contribution in [2.24, 2.45) is 0 Å². The second-order valence-corrected chi connectivity index (χ2v) is 3.54. The van der Waals surface area contributed by atoms with Crippen LogP contribution in [0.2, 0.25) is 5.15 Å². The topological polar surface area (TPSA) is 35.0 Å². The van der Waals surface area contributed by atoms with Crippen molar-refractivity contribution >= 4 is 11.6 Å². The average Bonchev–Trinajstić information content (AvgIpc) is 2.13. The minimum atomic E-state index is -4.93. The van der Waals surface area contributed by atoms with E-state index < -0.39 is 35.3 Å². The lowest BCUT2D eigenvalue weighted by atomic mass is 10.4. The molecule has 18 heavy (non-hydrogen) atoms. The van der Waals surface area contributed by atoms with Crippen molar-refractivity contribution in [1.29, 1.82) is 0 Å². The Hall–Kier alpha value is -1.25. The summed E-state index contributed by atoms with van der Waals surface area (Å²) in [5, 5.41) is -0.665. The first-order chi connectivity index (χ1) is 8.00. The van der Waals surface area contributed by atoms with Gasteiger partial charge in [0, 0.05) is 6.07 Å². The third-order valence-corrected chi connectivity index (χ3v) is 1.88. The van der Waals surface area contributed by atoms with Crippen LogP contribution in [0.3, 0.4) is 0 Å². The second kappa shape index (κ2) is 4.79. The number of hydrogen-bond acceptors (Lipinski definition) is 3. The summed E-state index contributed by atoms with van der Waals surface area (Å²) in [5.41, 5.74) is 0. The molecule has 1 heterocycles. The first-order valence-corrected chi connectivity index (χ1v) is 4.73. The standard InChI is InChI=1S/C8H5ClF6N2O/c1-3(7(10,11)12)18-5-2-4(9)16-6(17-5)8(13,14)15/h2-3H,1H3. The van der Waals surface area contributed by atoms with Crippen LogP contribution < -0.4 is 4.74 Å². The summed E-state index contributed by atoms with van der Waals surface area (Å²) < 4.78 is 77.4. The predicted molar refractivity (Wildman–Crippen MR) is 48.2 cm³/mol. The predicted octanol–water partition coefficient (Wildman–Crippen LogP) is 3.48. The van der Waals surface area contributed by atoms with Crippen LogP contribution in [0.25, 0.3) is 0 Å². The molecule has 1 rings (SSSR count). The van der Waals surface area contributed by atoms with Crippen molar-refractivity contribution in [2.45, 2.75) is 25.4 Å². The summed E-state index contributed by atoms with van der Waals surface area (Å²) in [4.78, 5) is 5.66. The SMILES string of the molecule is CC(Oc1cc(Cl)nc(C(F)(F)F)n1)C(F)(F)F. The largest absolute Gasteiger partial charge is 0.465 e. The monoisotopic (exact) mass is 294 g/mol. The zero-order valence-corrected chi connectivity index (χ0v) is 9.36. The van der Waals surface area contributed by atoms with E-state index in [9.17, 15) is 26.3 Å². The Bertz CT molecular complexity index is 433. The van der Waals surface area contributed by atoms with Crippen LogP contribution in [0.15, 0.2) is 6.07 Å². The van der Waals surface area contributed by atoms with Crippen molar-refractivity contribution < 1.29 is 31.1 Å². The van der Waals surface area contributed by atoms with Crippen LogP contribution >= 0.6 is 11.6 Å². The highest BCUT2D eigenvalue weighted by molar-refractivity contribution is 6.29. The number of nitrogens with zero attached hydrogens (tertiary/aromatic N) is 2. The minimum Gasteiger partial charge on any atom is -0.465 e. The van der Waals surface area contributed by atoms with Crippen LogP contribution in [0.4, 0.5) is 26.3 Å². The van der Waals surface area contributed by atoms with Gasteiger partial charge in [0.1, 0.15) is 5.15 Å². The lowest BCUT2D eigenvalue weighted by Gasteiger charge is -2.17. The first kappa shape index (κ1) is 14.8. The van der Waals surface area contributed by atoms with Gasteiger partial charge in [0.05, 0.1) is 0 Å². The fraction of sp³-hybridized carbons (Fsp3) is 0.500. The molecule has 1 unspecified atom stereocenters. The van der Waals surface area contributed by atoms with Gasteiger partial charge in [0.2, 0.25) is 11.7 Å². The molecule has 0 aliphatic carbocycles. The van der Waals surface area contributed by atoms with Gasteiger partial charge in [-0.1, -0.05) is 11.6 Å². The lowest BCUT2D eigenvalue weighted by Crippen LogP contribution is -2.31. The van der Waals surface area contributed by atoms with Crippen LogP contribution in [0, 0.1) is 0 Å². The van der Waals surface area contributed by atoms with Crippen molar-refractivity contribution in [1.82, 2.24) is 9.97 Å². The summed E-state index contributed by atoms with van der Waals surface area (Å²) in [6.07, 6.45) is -12.0. The van der Waals surface area contributed by atoms with E-state index in [1.165, 1.54) is 0 Å². The van der Waals surface area contributed by atoms with Crippen molar-refractivity contribution in [3.05, 3.63) is 17.0 Å². The van der Waals surface area contributed by atoms with Gasteiger partial charge >= 0.3 is 12.4 Å². The van der Waals surface area contributed by atoms with Gasteiger partial charge in [-0.25, -0.2) is 4.98 Å². The van der Waals surface area contributed by atoms with Gasteiger partial charge in [0.15, 0.2) is 6.10 Å². The maximum absolute atomic E-state index is 12.3. The van der Waals surface area contributed by atoms with Crippen LogP contribution in [0.1, 0.15) is 12.7 Å². The first-order valence-electron chi connectivity index (χ1n) is 4.35. The van der Waals surface area contributed by atoms with Gasteiger partial charge in [0.25, 0.3) is 0 Å². The fourth-order valence-corrected chi connectivity index (χ4v) is 1.01. The van der Waals surface area contributed by atoms with E-state index in [1.54, 1.807) is 0 Å². The molecule has 1 atom stereocenters. The molecule has 1 aromatic heterocycles. The van der Waals surface area contributed by atoms with Gasteiger partial charge in [-0.15, -0.1) is 0 Å². The Kier molecular flexibility index (Phi) is 3.94. The molecule has 102 valence electrons. The third kappa shape index (κ3) is 3.90. The molecule has 0 aliphatic rings. The van der Waals surface area contributed by atoms with E-state index in [0.717, 1.165) is 0 Å².